The minimum atomic E-state index is 0. The van der Waals surface area contributed by atoms with Crippen molar-refractivity contribution < 1.29 is 30.0 Å². The third-order valence-corrected chi connectivity index (χ3v) is 4.99. The number of fused-ring (bicyclic) bond motifs is 3. The van der Waals surface area contributed by atoms with Crippen LogP contribution in [0.25, 0.3) is 32.8 Å². The summed E-state index contributed by atoms with van der Waals surface area (Å²) in [6.45, 7) is 7.19. The molecule has 0 unspecified atom stereocenters. The normalized spacial score (nSPS) is 10.7. The summed E-state index contributed by atoms with van der Waals surface area (Å²) < 4.78 is 0. The Morgan fingerprint density at radius 3 is 2.34 bits per heavy atom. The molecule has 0 saturated carbocycles. The molecule has 0 saturated heterocycles. The van der Waals surface area contributed by atoms with Crippen molar-refractivity contribution in [2.75, 3.05) is 0 Å². The summed E-state index contributed by atoms with van der Waals surface area (Å²) in [6, 6.07) is 21.7. The third kappa shape index (κ3) is 5.67. The maximum atomic E-state index is 9.19. The molecule has 1 heterocycles. The van der Waals surface area contributed by atoms with Crippen molar-refractivity contribution in [3.05, 3.63) is 89.3 Å². The molecule has 3 aromatic carbocycles. The maximum absolute atomic E-state index is 9.19. The summed E-state index contributed by atoms with van der Waals surface area (Å²) >= 11 is 0. The number of hydrogen-bond donors (Lipinski definition) is 1. The Labute approximate surface area is 201 Å². The Hall–Kier alpha value is -3.32. The largest absolute Gasteiger partial charge is 0.512 e. The minimum Gasteiger partial charge on any atom is -0.512 e. The Kier molecular flexibility index (Phi) is 8.43. The second kappa shape index (κ2) is 10.8. The fraction of sp³-hybridized carbons (Fsp3) is 0.148. The molecule has 0 amide bonds. The van der Waals surface area contributed by atoms with Crippen molar-refractivity contribution in [2.24, 2.45) is 0 Å². The molecule has 4 nitrogen and oxygen atoms in total. The molecular formula is C27H24IrN2O2. The van der Waals surface area contributed by atoms with E-state index < -0.39 is 0 Å². The minimum absolute atomic E-state index is 0. The van der Waals surface area contributed by atoms with E-state index in [-0.39, 0.29) is 31.6 Å². The molecule has 0 aliphatic carbocycles. The van der Waals surface area contributed by atoms with Crippen LogP contribution in [-0.2, 0) is 20.1 Å². The van der Waals surface area contributed by atoms with Gasteiger partial charge in [0.2, 0.25) is 0 Å². The average Bonchev–Trinajstić information content (AvgIpc) is 2.74. The Balaban J connectivity index is 0.000000398. The predicted octanol–water partition coefficient (Wildman–Crippen LogP) is 6.35. The van der Waals surface area contributed by atoms with Crippen LogP contribution in [0.2, 0.25) is 0 Å². The molecule has 0 aliphatic rings. The van der Waals surface area contributed by atoms with Crippen LogP contribution in [0.3, 0.4) is 0 Å². The van der Waals surface area contributed by atoms with Gasteiger partial charge in [-0.3, -0.25) is 4.79 Å². The monoisotopic (exact) mass is 601 g/mol. The van der Waals surface area contributed by atoms with Gasteiger partial charge < -0.3 is 10.1 Å². The zero-order chi connectivity index (χ0) is 22.5. The topological polar surface area (TPSA) is 78.3 Å². The van der Waals surface area contributed by atoms with E-state index in [9.17, 15) is 5.26 Å². The van der Waals surface area contributed by atoms with Crippen LogP contribution < -0.4 is 0 Å². The molecule has 0 spiro atoms. The van der Waals surface area contributed by atoms with E-state index in [0.29, 0.717) is 5.56 Å². The van der Waals surface area contributed by atoms with Gasteiger partial charge in [-0.05, 0) is 52.4 Å². The van der Waals surface area contributed by atoms with Crippen molar-refractivity contribution in [2.45, 2.75) is 27.7 Å². The molecule has 4 aromatic rings. The van der Waals surface area contributed by atoms with Crippen molar-refractivity contribution in [3.63, 3.8) is 0 Å². The van der Waals surface area contributed by atoms with Crippen LogP contribution in [0, 0.1) is 31.2 Å². The maximum Gasteiger partial charge on any atom is 0.316 e. The van der Waals surface area contributed by atoms with Gasteiger partial charge in [-0.1, -0.05) is 32.0 Å². The second-order valence-electron chi connectivity index (χ2n) is 7.51. The summed E-state index contributed by atoms with van der Waals surface area (Å²) in [4.78, 5) is 13.0. The van der Waals surface area contributed by atoms with Gasteiger partial charge >= 0.3 is 5.78 Å². The van der Waals surface area contributed by atoms with Gasteiger partial charge in [-0.2, -0.15) is 5.26 Å². The number of pyridine rings is 1. The summed E-state index contributed by atoms with van der Waals surface area (Å²) in [7, 11) is 0. The summed E-state index contributed by atoms with van der Waals surface area (Å²) in [5.41, 5.74) is 5.06. The van der Waals surface area contributed by atoms with Gasteiger partial charge in [0, 0.05) is 26.3 Å². The van der Waals surface area contributed by atoms with Crippen LogP contribution in [-0.4, -0.2) is 20.7 Å². The third-order valence-electron chi connectivity index (χ3n) is 4.99. The van der Waals surface area contributed by atoms with Crippen molar-refractivity contribution in [1.29, 1.82) is 5.26 Å². The number of nitrogens with zero attached hydrogens (tertiary/aromatic N) is 2. The molecule has 5 heteroatoms. The number of nitriles is 1. The predicted molar refractivity (Wildman–Crippen MR) is 127 cm³/mol. The van der Waals surface area contributed by atoms with E-state index in [1.807, 2.05) is 36.5 Å². The number of rotatable bonds is 2. The quantitative estimate of drug-likeness (QED) is 0.0957. The van der Waals surface area contributed by atoms with Crippen LogP contribution in [0.5, 0.6) is 0 Å². The molecule has 0 aliphatic heterocycles. The molecule has 163 valence electrons. The van der Waals surface area contributed by atoms with Gasteiger partial charge in [0.05, 0.1) is 30.4 Å². The van der Waals surface area contributed by atoms with Crippen LogP contribution in [0.15, 0.2) is 66.6 Å². The number of ketones is 1. The Morgan fingerprint density at radius 1 is 1.03 bits per heavy atom. The second-order valence-corrected chi connectivity index (χ2v) is 7.51. The van der Waals surface area contributed by atoms with Crippen LogP contribution >= 0.6 is 0 Å². The van der Waals surface area contributed by atoms with E-state index in [0.717, 1.165) is 32.8 Å². The molecule has 1 aromatic heterocycles. The molecule has 4 rings (SSSR count). The molecule has 32 heavy (non-hydrogen) atoms. The average molecular weight is 601 g/mol. The van der Waals surface area contributed by atoms with Gasteiger partial charge in [-0.15, -0.1) is 34.9 Å². The van der Waals surface area contributed by atoms with E-state index >= 15 is 0 Å². The number of aromatic nitrogens is 1. The van der Waals surface area contributed by atoms with E-state index in [1.54, 1.807) is 0 Å². The first-order valence-electron chi connectivity index (χ1n) is 9.91. The molecule has 0 atom stereocenters. The fourth-order valence-electron chi connectivity index (χ4n) is 3.38. The smallest absolute Gasteiger partial charge is 0.316 e. The van der Waals surface area contributed by atoms with Crippen molar-refractivity contribution in [3.8, 4) is 17.3 Å². The number of hydrogen-bond acceptors (Lipinski definition) is 3. The Bertz CT molecular complexity index is 1360. The van der Waals surface area contributed by atoms with E-state index in [2.05, 4.69) is 49.2 Å². The number of carbonyl (C=O) groups excluding carboxylic acids is 1. The van der Waals surface area contributed by atoms with E-state index in [1.165, 1.54) is 31.1 Å². The molecule has 2 N–H and O–H groups in total. The van der Waals surface area contributed by atoms with E-state index in [4.69, 9.17) is 9.90 Å². The zero-order valence-electron chi connectivity index (χ0n) is 18.4. The number of aliphatic hydroxyl groups is 1. The SMILES string of the molecule is CC(=[OH+])/C=C(/C)O.Cc1c[c-]c(-c2nccc3c2ccc2ccc(C#N)cc23)cc1C.[Ir]. The molecule has 0 fully saturated rings. The van der Waals surface area contributed by atoms with Crippen LogP contribution in [0.1, 0.15) is 30.5 Å². The summed E-state index contributed by atoms with van der Waals surface area (Å²) in [5.74, 6) is 0.250. The molecular weight excluding hydrogens is 577 g/mol. The Morgan fingerprint density at radius 2 is 1.75 bits per heavy atom. The molecule has 1 radical (unpaired) electrons. The van der Waals surface area contributed by atoms with Gasteiger partial charge in [0.1, 0.15) is 0 Å². The number of aliphatic hydroxyl groups excluding tert-OH is 1. The first-order valence-corrected chi connectivity index (χ1v) is 9.91. The first-order chi connectivity index (χ1) is 14.8. The number of aryl methyl sites for hydroxylation is 2. The first kappa shape index (κ1) is 24.9. The molecule has 0 bridgehead atoms. The van der Waals surface area contributed by atoms with Crippen molar-refractivity contribution in [1.82, 2.24) is 4.98 Å². The van der Waals surface area contributed by atoms with Gasteiger partial charge in [0.25, 0.3) is 0 Å². The standard InChI is InChI=1S/C22H15N2.C5H8O2.Ir/c1-14-3-5-18(11-15(14)2)22-20-8-7-17-6-4-16(13-23)12-21(17)19(20)9-10-24-22;1-4(6)3-5(2)7;/h3-4,6-12H,1-2H3;3,6H,1-2H3;/q-1;;/p+1/b;4-3-;. The number of benzene rings is 3. The fourth-order valence-corrected chi connectivity index (χ4v) is 3.38. The van der Waals surface area contributed by atoms with Crippen LogP contribution in [0.4, 0.5) is 0 Å². The summed E-state index contributed by atoms with van der Waals surface area (Å²) in [6.07, 6.45) is 3.11. The van der Waals surface area contributed by atoms with Crippen molar-refractivity contribution >= 4 is 27.3 Å². The van der Waals surface area contributed by atoms with Gasteiger partial charge in [0.15, 0.2) is 0 Å². The summed E-state index contributed by atoms with van der Waals surface area (Å²) in [5, 5.41) is 22.0. The zero-order valence-corrected chi connectivity index (χ0v) is 20.8. The number of allylic oxidation sites excluding steroid dienone is 2. The van der Waals surface area contributed by atoms with Gasteiger partial charge in [-0.25, -0.2) is 0 Å².